The SMILES string of the molecule is COc1ccc(CNC(=O)ON2CCC3(CC2)CC(c2ccc(C(C)(C)C)cc2)=NO3)cc1. The third-order valence-electron chi connectivity index (χ3n) is 6.36. The molecule has 0 bridgehead atoms. The van der Waals surface area contributed by atoms with Crippen LogP contribution in [0.25, 0.3) is 0 Å². The standard InChI is InChI=1S/C26H33N3O4/c1-25(2,3)21-9-7-20(8-10-21)23-17-26(33-28-23)13-15-29(16-14-26)32-24(30)27-18-19-5-11-22(31-4)12-6-19/h5-12H,13-18H2,1-4H3,(H,27,30). The van der Waals surface area contributed by atoms with Crippen LogP contribution < -0.4 is 10.1 Å². The molecule has 176 valence electrons. The molecule has 0 atom stereocenters. The minimum Gasteiger partial charge on any atom is -0.497 e. The lowest BCUT2D eigenvalue weighted by molar-refractivity contribution is -0.157. The first-order valence-electron chi connectivity index (χ1n) is 11.5. The Kier molecular flexibility index (Phi) is 6.61. The maximum atomic E-state index is 12.2. The van der Waals surface area contributed by atoms with Crippen molar-refractivity contribution in [2.75, 3.05) is 20.2 Å². The highest BCUT2D eigenvalue weighted by atomic mass is 16.7. The topological polar surface area (TPSA) is 72.4 Å². The van der Waals surface area contributed by atoms with Gasteiger partial charge in [0.2, 0.25) is 0 Å². The molecule has 1 spiro atoms. The smallest absolute Gasteiger partial charge is 0.426 e. The molecule has 0 aromatic heterocycles. The number of carbonyl (C=O) groups is 1. The second-order valence-electron chi connectivity index (χ2n) is 9.83. The second kappa shape index (κ2) is 9.43. The molecule has 7 nitrogen and oxygen atoms in total. The molecule has 1 fully saturated rings. The van der Waals surface area contributed by atoms with Crippen LogP contribution in [0.3, 0.4) is 0 Å². The van der Waals surface area contributed by atoms with E-state index in [0.29, 0.717) is 19.6 Å². The summed E-state index contributed by atoms with van der Waals surface area (Å²) < 4.78 is 5.15. The van der Waals surface area contributed by atoms with Crippen molar-refractivity contribution in [1.82, 2.24) is 10.4 Å². The minimum atomic E-state index is -0.454. The molecule has 1 N–H and O–H groups in total. The van der Waals surface area contributed by atoms with Crippen molar-refractivity contribution in [3.63, 3.8) is 0 Å². The Morgan fingerprint density at radius 3 is 2.36 bits per heavy atom. The lowest BCUT2D eigenvalue weighted by Crippen LogP contribution is -2.46. The van der Waals surface area contributed by atoms with Gasteiger partial charge >= 0.3 is 6.09 Å². The van der Waals surface area contributed by atoms with Gasteiger partial charge in [-0.3, -0.25) is 0 Å². The first-order chi connectivity index (χ1) is 15.8. The number of carbonyl (C=O) groups excluding carboxylic acids is 1. The maximum absolute atomic E-state index is 12.2. The summed E-state index contributed by atoms with van der Waals surface area (Å²) in [5.74, 6) is 0.784. The molecule has 0 aliphatic carbocycles. The summed E-state index contributed by atoms with van der Waals surface area (Å²) in [6.07, 6.45) is 1.84. The van der Waals surface area contributed by atoms with Gasteiger partial charge in [0, 0.05) is 38.9 Å². The van der Waals surface area contributed by atoms with Gasteiger partial charge in [-0.15, -0.1) is 5.06 Å². The largest absolute Gasteiger partial charge is 0.497 e. The van der Waals surface area contributed by atoms with Gasteiger partial charge in [-0.2, -0.15) is 0 Å². The molecule has 2 heterocycles. The van der Waals surface area contributed by atoms with E-state index < -0.39 is 6.09 Å². The number of rotatable bonds is 5. The van der Waals surface area contributed by atoms with Crippen LogP contribution in [0.2, 0.25) is 0 Å². The number of hydrogen-bond acceptors (Lipinski definition) is 6. The van der Waals surface area contributed by atoms with Crippen molar-refractivity contribution in [1.29, 1.82) is 0 Å². The van der Waals surface area contributed by atoms with E-state index in [1.807, 2.05) is 24.3 Å². The molecule has 1 amide bonds. The number of ether oxygens (including phenoxy) is 1. The van der Waals surface area contributed by atoms with Crippen molar-refractivity contribution in [2.45, 2.75) is 57.6 Å². The highest BCUT2D eigenvalue weighted by Crippen LogP contribution is 2.36. The zero-order valence-electron chi connectivity index (χ0n) is 19.9. The van der Waals surface area contributed by atoms with Crippen LogP contribution in [0.5, 0.6) is 5.75 Å². The van der Waals surface area contributed by atoms with Gasteiger partial charge in [-0.25, -0.2) is 4.79 Å². The van der Waals surface area contributed by atoms with Crippen molar-refractivity contribution < 1.29 is 19.2 Å². The lowest BCUT2D eigenvalue weighted by Gasteiger charge is -2.35. The predicted octanol–water partition coefficient (Wildman–Crippen LogP) is 4.79. The zero-order chi connectivity index (χ0) is 23.5. The van der Waals surface area contributed by atoms with E-state index in [1.165, 1.54) is 5.56 Å². The quantitative estimate of drug-likeness (QED) is 0.707. The van der Waals surface area contributed by atoms with E-state index in [9.17, 15) is 4.79 Å². The lowest BCUT2D eigenvalue weighted by atomic mass is 9.84. The summed E-state index contributed by atoms with van der Waals surface area (Å²) in [5, 5.41) is 8.90. The fourth-order valence-corrected chi connectivity index (χ4v) is 4.16. The molecule has 0 radical (unpaired) electrons. The second-order valence-corrected chi connectivity index (χ2v) is 9.83. The molecule has 33 heavy (non-hydrogen) atoms. The Bertz CT molecular complexity index is 986. The average Bonchev–Trinajstić information content (AvgIpc) is 3.23. The summed E-state index contributed by atoms with van der Waals surface area (Å²) in [7, 11) is 1.63. The van der Waals surface area contributed by atoms with Crippen LogP contribution >= 0.6 is 0 Å². The highest BCUT2D eigenvalue weighted by Gasteiger charge is 2.43. The van der Waals surface area contributed by atoms with E-state index in [1.54, 1.807) is 12.2 Å². The third-order valence-corrected chi connectivity index (χ3v) is 6.36. The van der Waals surface area contributed by atoms with Crippen LogP contribution in [0.1, 0.15) is 56.7 Å². The summed E-state index contributed by atoms with van der Waals surface area (Å²) in [6, 6.07) is 16.2. The van der Waals surface area contributed by atoms with Gasteiger partial charge in [0.05, 0.1) is 12.8 Å². The average molecular weight is 452 g/mol. The summed E-state index contributed by atoms with van der Waals surface area (Å²) in [6.45, 7) is 8.26. The first kappa shape index (κ1) is 23.1. The van der Waals surface area contributed by atoms with Gasteiger partial charge in [0.25, 0.3) is 0 Å². The molecular formula is C26H33N3O4. The Balaban J connectivity index is 1.23. The van der Waals surface area contributed by atoms with Crippen LogP contribution in [0, 0.1) is 0 Å². The van der Waals surface area contributed by atoms with E-state index in [-0.39, 0.29) is 11.0 Å². The fourth-order valence-electron chi connectivity index (χ4n) is 4.16. The normalized spacial score (nSPS) is 17.9. The molecule has 2 aromatic carbocycles. The summed E-state index contributed by atoms with van der Waals surface area (Å²) in [4.78, 5) is 23.6. The number of benzene rings is 2. The summed E-state index contributed by atoms with van der Waals surface area (Å²) >= 11 is 0. The number of nitrogens with one attached hydrogen (secondary N) is 1. The Morgan fingerprint density at radius 1 is 1.09 bits per heavy atom. The summed E-state index contributed by atoms with van der Waals surface area (Å²) in [5.41, 5.74) is 4.19. The number of oxime groups is 1. The number of amides is 1. The monoisotopic (exact) mass is 451 g/mol. The molecule has 4 rings (SSSR count). The number of hydrogen-bond donors (Lipinski definition) is 1. The van der Waals surface area contributed by atoms with E-state index in [2.05, 4.69) is 55.5 Å². The van der Waals surface area contributed by atoms with Gasteiger partial charge in [-0.05, 0) is 34.2 Å². The van der Waals surface area contributed by atoms with Crippen molar-refractivity contribution >= 4 is 11.8 Å². The number of piperidine rings is 1. The van der Waals surface area contributed by atoms with Gasteiger partial charge in [0.1, 0.15) is 11.4 Å². The molecule has 2 aliphatic rings. The predicted molar refractivity (Wildman–Crippen MR) is 127 cm³/mol. The van der Waals surface area contributed by atoms with E-state index in [4.69, 9.17) is 14.4 Å². The zero-order valence-corrected chi connectivity index (χ0v) is 19.9. The van der Waals surface area contributed by atoms with Crippen LogP contribution in [-0.4, -0.2) is 42.7 Å². The molecule has 0 unspecified atom stereocenters. The molecule has 2 aromatic rings. The van der Waals surface area contributed by atoms with Gasteiger partial charge in [-0.1, -0.05) is 62.3 Å². The number of methoxy groups -OCH3 is 1. The van der Waals surface area contributed by atoms with Gasteiger partial charge < -0.3 is 19.7 Å². The molecule has 7 heteroatoms. The first-order valence-corrected chi connectivity index (χ1v) is 11.5. The molecule has 1 saturated heterocycles. The van der Waals surface area contributed by atoms with Gasteiger partial charge in [0.15, 0.2) is 0 Å². The number of hydroxylamine groups is 2. The van der Waals surface area contributed by atoms with Crippen molar-refractivity contribution in [3.05, 3.63) is 65.2 Å². The van der Waals surface area contributed by atoms with Crippen molar-refractivity contribution in [3.8, 4) is 5.75 Å². The molecule has 0 saturated carbocycles. The Morgan fingerprint density at radius 2 is 1.76 bits per heavy atom. The van der Waals surface area contributed by atoms with E-state index >= 15 is 0 Å². The maximum Gasteiger partial charge on any atom is 0.426 e. The van der Waals surface area contributed by atoms with Crippen LogP contribution in [0.4, 0.5) is 4.79 Å². The molecule has 2 aliphatic heterocycles. The van der Waals surface area contributed by atoms with Crippen LogP contribution in [0.15, 0.2) is 53.7 Å². The van der Waals surface area contributed by atoms with Crippen LogP contribution in [-0.2, 0) is 21.6 Å². The highest BCUT2D eigenvalue weighted by molar-refractivity contribution is 6.01. The minimum absolute atomic E-state index is 0.126. The Hall–Kier alpha value is -3.06. The molecular weight excluding hydrogens is 418 g/mol. The van der Waals surface area contributed by atoms with Crippen molar-refractivity contribution in [2.24, 2.45) is 5.16 Å². The Labute approximate surface area is 195 Å². The van der Waals surface area contributed by atoms with E-state index in [0.717, 1.165) is 41.9 Å². The fraction of sp³-hybridized carbons (Fsp3) is 0.462. The number of nitrogens with zero attached hydrogens (tertiary/aromatic N) is 2. The third kappa shape index (κ3) is 5.66.